The van der Waals surface area contributed by atoms with E-state index in [1.807, 2.05) is 17.0 Å². The summed E-state index contributed by atoms with van der Waals surface area (Å²) in [6, 6.07) is 5.51. The average molecular weight is 350 g/mol. The van der Waals surface area contributed by atoms with Crippen LogP contribution in [-0.2, 0) is 16.0 Å². The van der Waals surface area contributed by atoms with E-state index in [0.717, 1.165) is 30.6 Å². The Balaban J connectivity index is 1.38. The van der Waals surface area contributed by atoms with Crippen molar-refractivity contribution in [1.29, 1.82) is 0 Å². The number of nitrogens with zero attached hydrogens (tertiary/aromatic N) is 1. The fourth-order valence-corrected chi connectivity index (χ4v) is 4.40. The molecule has 2 unspecified atom stereocenters. The van der Waals surface area contributed by atoms with Crippen LogP contribution in [0.15, 0.2) is 18.2 Å². The predicted octanol–water partition coefficient (Wildman–Crippen LogP) is 2.60. The van der Waals surface area contributed by atoms with Crippen molar-refractivity contribution in [3.63, 3.8) is 0 Å². The summed E-state index contributed by atoms with van der Waals surface area (Å²) in [5.74, 6) is -0.156. The van der Waals surface area contributed by atoms with Crippen molar-refractivity contribution in [2.45, 2.75) is 25.7 Å². The third-order valence-electron chi connectivity index (χ3n) is 5.84. The molecule has 2 fully saturated rings. The SMILES string of the molecule is O=C(O)C1CC12CCN(C(=O)C1COc3ccc(Cl)cc3C1)CC2. The second-order valence-electron chi connectivity index (χ2n) is 7.25. The van der Waals surface area contributed by atoms with Gasteiger partial charge in [-0.2, -0.15) is 0 Å². The Labute approximate surface area is 145 Å². The van der Waals surface area contributed by atoms with E-state index in [4.69, 9.17) is 21.4 Å². The van der Waals surface area contributed by atoms with Crippen LogP contribution < -0.4 is 4.74 Å². The topological polar surface area (TPSA) is 66.8 Å². The van der Waals surface area contributed by atoms with E-state index in [1.165, 1.54) is 0 Å². The second-order valence-corrected chi connectivity index (χ2v) is 7.68. The summed E-state index contributed by atoms with van der Waals surface area (Å²) in [5, 5.41) is 9.81. The van der Waals surface area contributed by atoms with Gasteiger partial charge in [-0.05, 0) is 54.9 Å². The van der Waals surface area contributed by atoms with E-state index in [1.54, 1.807) is 6.07 Å². The predicted molar refractivity (Wildman–Crippen MR) is 88.1 cm³/mol. The molecular formula is C18H20ClNO4. The maximum absolute atomic E-state index is 12.8. The fourth-order valence-electron chi connectivity index (χ4n) is 4.20. The number of fused-ring (bicyclic) bond motifs is 1. The minimum atomic E-state index is -0.691. The molecular weight excluding hydrogens is 330 g/mol. The number of ether oxygens (including phenoxy) is 1. The number of benzene rings is 1. The Morgan fingerprint density at radius 1 is 1.29 bits per heavy atom. The molecule has 6 heteroatoms. The summed E-state index contributed by atoms with van der Waals surface area (Å²) < 4.78 is 5.72. The van der Waals surface area contributed by atoms with Gasteiger partial charge in [0, 0.05) is 18.1 Å². The summed E-state index contributed by atoms with van der Waals surface area (Å²) in [4.78, 5) is 25.8. The highest BCUT2D eigenvalue weighted by atomic mass is 35.5. The molecule has 2 heterocycles. The smallest absolute Gasteiger partial charge is 0.307 e. The molecule has 1 aromatic rings. The zero-order valence-corrected chi connectivity index (χ0v) is 14.1. The van der Waals surface area contributed by atoms with Crippen LogP contribution in [0.4, 0.5) is 0 Å². The highest BCUT2D eigenvalue weighted by Gasteiger charge is 2.59. The van der Waals surface area contributed by atoms with Gasteiger partial charge in [-0.25, -0.2) is 0 Å². The Morgan fingerprint density at radius 3 is 2.71 bits per heavy atom. The number of piperidine rings is 1. The van der Waals surface area contributed by atoms with Gasteiger partial charge in [0.05, 0.1) is 11.8 Å². The van der Waals surface area contributed by atoms with Crippen LogP contribution in [0.2, 0.25) is 5.02 Å². The summed E-state index contributed by atoms with van der Waals surface area (Å²) in [7, 11) is 0. The molecule has 0 radical (unpaired) electrons. The first-order valence-corrected chi connectivity index (χ1v) is 8.79. The van der Waals surface area contributed by atoms with Crippen molar-refractivity contribution in [2.24, 2.45) is 17.3 Å². The summed E-state index contributed by atoms with van der Waals surface area (Å²) >= 11 is 6.03. The zero-order chi connectivity index (χ0) is 16.9. The van der Waals surface area contributed by atoms with Crippen molar-refractivity contribution in [3.05, 3.63) is 28.8 Å². The van der Waals surface area contributed by atoms with E-state index in [-0.39, 0.29) is 23.2 Å². The van der Waals surface area contributed by atoms with Crippen LogP contribution in [0.5, 0.6) is 5.75 Å². The van der Waals surface area contributed by atoms with E-state index < -0.39 is 5.97 Å². The molecule has 1 aliphatic carbocycles. The van der Waals surface area contributed by atoms with E-state index >= 15 is 0 Å². The van der Waals surface area contributed by atoms with Crippen LogP contribution in [0.25, 0.3) is 0 Å². The lowest BCUT2D eigenvalue weighted by Gasteiger charge is -2.36. The fraction of sp³-hybridized carbons (Fsp3) is 0.556. The van der Waals surface area contributed by atoms with Gasteiger partial charge in [-0.15, -0.1) is 0 Å². The molecule has 2 atom stereocenters. The first-order chi connectivity index (χ1) is 11.5. The molecule has 1 saturated heterocycles. The van der Waals surface area contributed by atoms with Gasteiger partial charge in [0.1, 0.15) is 12.4 Å². The van der Waals surface area contributed by atoms with Crippen molar-refractivity contribution >= 4 is 23.5 Å². The molecule has 1 saturated carbocycles. The molecule has 4 rings (SSSR count). The van der Waals surface area contributed by atoms with E-state index in [9.17, 15) is 9.59 Å². The molecule has 1 aromatic carbocycles. The van der Waals surface area contributed by atoms with Crippen LogP contribution >= 0.6 is 11.6 Å². The average Bonchev–Trinajstić information content (AvgIpc) is 3.28. The maximum Gasteiger partial charge on any atom is 0.307 e. The highest BCUT2D eigenvalue weighted by molar-refractivity contribution is 6.30. The van der Waals surface area contributed by atoms with Crippen LogP contribution in [-0.4, -0.2) is 41.6 Å². The van der Waals surface area contributed by atoms with Gasteiger partial charge in [0.25, 0.3) is 0 Å². The molecule has 128 valence electrons. The summed E-state index contributed by atoms with van der Waals surface area (Å²) in [6.07, 6.45) is 3.01. The van der Waals surface area contributed by atoms with E-state index in [0.29, 0.717) is 31.1 Å². The Morgan fingerprint density at radius 2 is 2.04 bits per heavy atom. The third-order valence-corrected chi connectivity index (χ3v) is 6.07. The minimum absolute atomic E-state index is 0.0498. The van der Waals surface area contributed by atoms with Crippen molar-refractivity contribution in [3.8, 4) is 5.75 Å². The lowest BCUT2D eigenvalue weighted by molar-refractivity contribution is -0.140. The molecule has 0 bridgehead atoms. The van der Waals surface area contributed by atoms with Crippen LogP contribution in [0.3, 0.4) is 0 Å². The number of likely N-dealkylation sites (tertiary alicyclic amines) is 1. The number of carboxylic acid groups (broad SMARTS) is 1. The van der Waals surface area contributed by atoms with Gasteiger partial charge >= 0.3 is 5.97 Å². The lowest BCUT2D eigenvalue weighted by Crippen LogP contribution is -2.45. The molecule has 1 N–H and O–H groups in total. The van der Waals surface area contributed by atoms with Crippen LogP contribution in [0, 0.1) is 17.3 Å². The quantitative estimate of drug-likeness (QED) is 0.891. The summed E-state index contributed by atoms with van der Waals surface area (Å²) in [6.45, 7) is 1.70. The van der Waals surface area contributed by atoms with Gasteiger partial charge in [0.2, 0.25) is 5.91 Å². The van der Waals surface area contributed by atoms with Gasteiger partial charge in [0.15, 0.2) is 0 Å². The van der Waals surface area contributed by atoms with Crippen molar-refractivity contribution in [2.75, 3.05) is 19.7 Å². The van der Waals surface area contributed by atoms with Crippen LogP contribution in [0.1, 0.15) is 24.8 Å². The lowest BCUT2D eigenvalue weighted by atomic mass is 9.89. The first-order valence-electron chi connectivity index (χ1n) is 8.41. The molecule has 2 aliphatic heterocycles. The van der Waals surface area contributed by atoms with Gasteiger partial charge in [-0.1, -0.05) is 11.6 Å². The molecule has 0 aromatic heterocycles. The van der Waals surface area contributed by atoms with Crippen molar-refractivity contribution in [1.82, 2.24) is 4.90 Å². The Bertz CT molecular complexity index is 696. The number of carboxylic acids is 1. The monoisotopic (exact) mass is 349 g/mol. The number of carbonyl (C=O) groups excluding carboxylic acids is 1. The largest absolute Gasteiger partial charge is 0.492 e. The number of carbonyl (C=O) groups is 2. The molecule has 24 heavy (non-hydrogen) atoms. The zero-order valence-electron chi connectivity index (χ0n) is 13.3. The maximum atomic E-state index is 12.8. The minimum Gasteiger partial charge on any atom is -0.492 e. The standard InChI is InChI=1S/C18H20ClNO4/c19-13-1-2-15-11(8-13)7-12(10-24-15)16(21)20-5-3-18(4-6-20)9-14(18)17(22)23/h1-2,8,12,14H,3-7,9-10H2,(H,22,23). The Kier molecular flexibility index (Phi) is 3.71. The molecule has 1 spiro atoms. The molecule has 1 amide bonds. The first kappa shape index (κ1) is 15.8. The van der Waals surface area contributed by atoms with Crippen molar-refractivity contribution < 1.29 is 19.4 Å². The van der Waals surface area contributed by atoms with Gasteiger partial charge < -0.3 is 14.7 Å². The molecule has 5 nitrogen and oxygen atoms in total. The van der Waals surface area contributed by atoms with E-state index in [2.05, 4.69) is 0 Å². The number of aliphatic carboxylic acids is 1. The number of amides is 1. The normalized spacial score (nSPS) is 27.3. The number of hydrogen-bond acceptors (Lipinski definition) is 3. The Hall–Kier alpha value is -1.75. The number of rotatable bonds is 2. The van der Waals surface area contributed by atoms with Gasteiger partial charge in [-0.3, -0.25) is 9.59 Å². The third kappa shape index (κ3) is 2.65. The summed E-state index contributed by atoms with van der Waals surface area (Å²) in [5.41, 5.74) is 0.930. The second kappa shape index (κ2) is 5.66. The number of hydrogen-bond donors (Lipinski definition) is 1. The number of halogens is 1. The molecule has 3 aliphatic rings. The highest BCUT2D eigenvalue weighted by Crippen LogP contribution is 2.59.